The molecule has 0 unspecified atom stereocenters. The maximum absolute atomic E-state index is 13.4. The minimum absolute atomic E-state index is 0.175. The van der Waals surface area contributed by atoms with E-state index in [4.69, 9.17) is 5.26 Å². The van der Waals surface area contributed by atoms with E-state index < -0.39 is 17.5 Å². The van der Waals surface area contributed by atoms with E-state index in [-0.39, 0.29) is 18.5 Å². The number of hydrogen-bond acceptors (Lipinski definition) is 2. The molecule has 0 bridgehead atoms. The molecule has 0 aliphatic heterocycles. The van der Waals surface area contributed by atoms with Gasteiger partial charge in [-0.3, -0.25) is 4.79 Å². The van der Waals surface area contributed by atoms with Crippen molar-refractivity contribution in [1.82, 2.24) is 4.90 Å². The van der Waals surface area contributed by atoms with E-state index in [1.165, 1.54) is 4.90 Å². The average Bonchev–Trinajstić information content (AvgIpc) is 2.29. The highest BCUT2D eigenvalue weighted by Crippen LogP contribution is 2.12. The molecule has 0 saturated carbocycles. The summed E-state index contributed by atoms with van der Waals surface area (Å²) in [7, 11) is 0. The van der Waals surface area contributed by atoms with Gasteiger partial charge in [-0.05, 0) is 19.1 Å². The van der Waals surface area contributed by atoms with E-state index in [0.29, 0.717) is 12.6 Å². The molecule has 0 saturated heterocycles. The van der Waals surface area contributed by atoms with Crippen molar-refractivity contribution in [2.24, 2.45) is 0 Å². The van der Waals surface area contributed by atoms with Crippen molar-refractivity contribution in [1.29, 1.82) is 5.26 Å². The number of amides is 1. The van der Waals surface area contributed by atoms with Crippen LogP contribution in [0.15, 0.2) is 18.2 Å². The second kappa shape index (κ2) is 5.94. The molecule has 0 heterocycles. The molecule has 0 fully saturated rings. The molecule has 0 aliphatic carbocycles. The van der Waals surface area contributed by atoms with Gasteiger partial charge in [0.25, 0.3) is 5.91 Å². The van der Waals surface area contributed by atoms with Crippen LogP contribution in [-0.4, -0.2) is 23.9 Å². The van der Waals surface area contributed by atoms with Crippen molar-refractivity contribution in [3.63, 3.8) is 0 Å². The fourth-order valence-corrected chi connectivity index (χ4v) is 1.42. The Morgan fingerprint density at radius 2 is 2.18 bits per heavy atom. The van der Waals surface area contributed by atoms with Gasteiger partial charge in [0.15, 0.2) is 0 Å². The number of halogens is 2. The molecule has 1 amide bonds. The van der Waals surface area contributed by atoms with Crippen LogP contribution >= 0.6 is 0 Å². The minimum atomic E-state index is -0.884. The van der Waals surface area contributed by atoms with Gasteiger partial charge in [0.2, 0.25) is 0 Å². The maximum atomic E-state index is 13.4. The number of benzene rings is 1. The van der Waals surface area contributed by atoms with Gasteiger partial charge in [0, 0.05) is 19.2 Å². The number of carbonyl (C=O) groups is 1. The van der Waals surface area contributed by atoms with E-state index in [2.05, 4.69) is 0 Å². The van der Waals surface area contributed by atoms with Crippen molar-refractivity contribution >= 4 is 5.91 Å². The quantitative estimate of drug-likeness (QED) is 0.808. The maximum Gasteiger partial charge on any atom is 0.256 e. The first-order valence-electron chi connectivity index (χ1n) is 5.21. The smallest absolute Gasteiger partial charge is 0.256 e. The zero-order valence-electron chi connectivity index (χ0n) is 9.41. The van der Waals surface area contributed by atoms with Gasteiger partial charge in [0.05, 0.1) is 18.1 Å². The Labute approximate surface area is 98.3 Å². The van der Waals surface area contributed by atoms with Crippen molar-refractivity contribution < 1.29 is 13.6 Å². The summed E-state index contributed by atoms with van der Waals surface area (Å²) in [5.74, 6) is -2.13. The fraction of sp³-hybridized carbons (Fsp3) is 0.333. The fourth-order valence-electron chi connectivity index (χ4n) is 1.42. The zero-order chi connectivity index (χ0) is 12.8. The second-order valence-corrected chi connectivity index (χ2v) is 3.42. The predicted octanol–water partition coefficient (Wildman–Crippen LogP) is 2.34. The van der Waals surface area contributed by atoms with Crippen molar-refractivity contribution in [2.45, 2.75) is 13.3 Å². The molecule has 1 aromatic carbocycles. The van der Waals surface area contributed by atoms with E-state index in [1.807, 2.05) is 6.07 Å². The molecular weight excluding hydrogens is 226 g/mol. The van der Waals surface area contributed by atoms with Gasteiger partial charge in [-0.1, -0.05) is 0 Å². The molecule has 0 radical (unpaired) electrons. The lowest BCUT2D eigenvalue weighted by Gasteiger charge is -2.19. The lowest BCUT2D eigenvalue weighted by Crippen LogP contribution is -2.32. The summed E-state index contributed by atoms with van der Waals surface area (Å²) in [6.45, 7) is 2.34. The van der Waals surface area contributed by atoms with Gasteiger partial charge in [0.1, 0.15) is 11.6 Å². The molecule has 1 aromatic rings. The molecule has 1 rings (SSSR count). The SMILES string of the molecule is CCN(CCC#N)C(=O)c1ccc(F)cc1F. The third kappa shape index (κ3) is 3.25. The Hall–Kier alpha value is -1.96. The molecule has 0 spiro atoms. The Morgan fingerprint density at radius 3 is 2.71 bits per heavy atom. The molecule has 0 aliphatic rings. The van der Waals surface area contributed by atoms with Crippen molar-refractivity contribution in [3.8, 4) is 6.07 Å². The Morgan fingerprint density at radius 1 is 1.47 bits per heavy atom. The van der Waals surface area contributed by atoms with Crippen LogP contribution in [0.2, 0.25) is 0 Å². The summed E-state index contributed by atoms with van der Waals surface area (Å²) in [5, 5.41) is 8.44. The van der Waals surface area contributed by atoms with Crippen molar-refractivity contribution in [3.05, 3.63) is 35.4 Å². The summed E-state index contributed by atoms with van der Waals surface area (Å²) in [6, 6.07) is 4.74. The highest BCUT2D eigenvalue weighted by Gasteiger charge is 2.17. The first kappa shape index (κ1) is 13.1. The van der Waals surface area contributed by atoms with E-state index in [1.54, 1.807) is 6.92 Å². The van der Waals surface area contributed by atoms with Crippen LogP contribution in [0.25, 0.3) is 0 Å². The standard InChI is InChI=1S/C12H12F2N2O/c1-2-16(7-3-6-15)12(17)10-5-4-9(13)8-11(10)14/h4-5,8H,2-3,7H2,1H3. The van der Waals surface area contributed by atoms with Gasteiger partial charge >= 0.3 is 0 Å². The van der Waals surface area contributed by atoms with Crippen LogP contribution in [0.3, 0.4) is 0 Å². The summed E-state index contributed by atoms with van der Waals surface area (Å²) in [5.41, 5.74) is -0.175. The van der Waals surface area contributed by atoms with Crippen LogP contribution < -0.4 is 0 Å². The first-order chi connectivity index (χ1) is 8.10. The number of carbonyl (C=O) groups excluding carboxylic acids is 1. The third-order valence-corrected chi connectivity index (χ3v) is 2.32. The molecule has 3 nitrogen and oxygen atoms in total. The summed E-state index contributed by atoms with van der Waals surface area (Å²) in [4.78, 5) is 13.2. The Balaban J connectivity index is 2.90. The summed E-state index contributed by atoms with van der Waals surface area (Å²) in [6.07, 6.45) is 0.183. The van der Waals surface area contributed by atoms with Gasteiger partial charge in [-0.25, -0.2) is 8.78 Å². The monoisotopic (exact) mass is 238 g/mol. The van der Waals surface area contributed by atoms with Crippen molar-refractivity contribution in [2.75, 3.05) is 13.1 Å². The highest BCUT2D eigenvalue weighted by atomic mass is 19.1. The lowest BCUT2D eigenvalue weighted by molar-refractivity contribution is 0.0763. The number of nitrogens with zero attached hydrogens (tertiary/aromatic N) is 2. The molecule has 90 valence electrons. The van der Waals surface area contributed by atoms with Crippen LogP contribution in [0.1, 0.15) is 23.7 Å². The molecule has 17 heavy (non-hydrogen) atoms. The van der Waals surface area contributed by atoms with Gasteiger partial charge in [-0.2, -0.15) is 5.26 Å². The summed E-state index contributed by atoms with van der Waals surface area (Å²) < 4.78 is 26.1. The molecule has 0 N–H and O–H groups in total. The van der Waals surface area contributed by atoms with E-state index in [0.717, 1.165) is 12.1 Å². The lowest BCUT2D eigenvalue weighted by atomic mass is 10.1. The normalized spacial score (nSPS) is 9.76. The summed E-state index contributed by atoms with van der Waals surface area (Å²) >= 11 is 0. The van der Waals surface area contributed by atoms with Crippen LogP contribution in [0.5, 0.6) is 0 Å². The third-order valence-electron chi connectivity index (χ3n) is 2.32. The Bertz CT molecular complexity index is 454. The van der Waals surface area contributed by atoms with E-state index in [9.17, 15) is 13.6 Å². The molecule has 0 aromatic heterocycles. The van der Waals surface area contributed by atoms with Crippen LogP contribution in [-0.2, 0) is 0 Å². The van der Waals surface area contributed by atoms with Gasteiger partial charge in [-0.15, -0.1) is 0 Å². The number of nitriles is 1. The average molecular weight is 238 g/mol. The molecular formula is C12H12F2N2O. The predicted molar refractivity (Wildman–Crippen MR) is 58.2 cm³/mol. The molecule has 0 atom stereocenters. The van der Waals surface area contributed by atoms with Crippen LogP contribution in [0, 0.1) is 23.0 Å². The molecule has 5 heteroatoms. The topological polar surface area (TPSA) is 44.1 Å². The second-order valence-electron chi connectivity index (χ2n) is 3.42. The largest absolute Gasteiger partial charge is 0.338 e. The number of rotatable bonds is 4. The highest BCUT2D eigenvalue weighted by molar-refractivity contribution is 5.94. The minimum Gasteiger partial charge on any atom is -0.338 e. The van der Waals surface area contributed by atoms with Gasteiger partial charge < -0.3 is 4.90 Å². The number of hydrogen-bond donors (Lipinski definition) is 0. The zero-order valence-corrected chi connectivity index (χ0v) is 9.41. The van der Waals surface area contributed by atoms with E-state index >= 15 is 0 Å². The Kier molecular flexibility index (Phi) is 4.58. The van der Waals surface area contributed by atoms with Crippen LogP contribution in [0.4, 0.5) is 8.78 Å². The first-order valence-corrected chi connectivity index (χ1v) is 5.21.